The van der Waals surface area contributed by atoms with Crippen molar-refractivity contribution in [3.8, 4) is 0 Å². The summed E-state index contributed by atoms with van der Waals surface area (Å²) in [6, 6.07) is 4.40. The second kappa shape index (κ2) is 7.02. The summed E-state index contributed by atoms with van der Waals surface area (Å²) in [5.74, 6) is -0.605. The van der Waals surface area contributed by atoms with Crippen molar-refractivity contribution in [3.05, 3.63) is 24.0 Å². The van der Waals surface area contributed by atoms with Crippen LogP contribution in [0.5, 0.6) is 0 Å². The number of likely N-dealkylation sites (N-methyl/N-ethyl adjacent to an activating group) is 2. The molecule has 10 heteroatoms. The van der Waals surface area contributed by atoms with Crippen LogP contribution >= 0.6 is 12.6 Å². The van der Waals surface area contributed by atoms with Gasteiger partial charge in [-0.2, -0.15) is 0 Å². The van der Waals surface area contributed by atoms with Crippen LogP contribution in [0.2, 0.25) is 0 Å². The van der Waals surface area contributed by atoms with Crippen molar-refractivity contribution in [2.75, 3.05) is 50.2 Å². The van der Waals surface area contributed by atoms with E-state index in [4.69, 9.17) is 4.74 Å². The molecule has 0 saturated carbocycles. The molecule has 1 atom stereocenters. The highest BCUT2D eigenvalue weighted by Crippen LogP contribution is 2.29. The Morgan fingerprint density at radius 3 is 2.73 bits per heavy atom. The first-order valence-corrected chi connectivity index (χ1v) is 8.41. The van der Waals surface area contributed by atoms with E-state index in [1.165, 1.54) is 20.8 Å². The van der Waals surface area contributed by atoms with Crippen molar-refractivity contribution in [2.24, 2.45) is 0 Å². The molecule has 0 radical (unpaired) electrons. The molecule has 140 valence electrons. The summed E-state index contributed by atoms with van der Waals surface area (Å²) in [7, 11) is 3.20. The molecule has 1 aromatic carbocycles. The van der Waals surface area contributed by atoms with Crippen molar-refractivity contribution in [1.82, 2.24) is 9.80 Å². The van der Waals surface area contributed by atoms with E-state index in [1.54, 1.807) is 31.1 Å². The van der Waals surface area contributed by atoms with Gasteiger partial charge in [0.05, 0.1) is 37.7 Å². The van der Waals surface area contributed by atoms with Crippen LogP contribution in [0.1, 0.15) is 0 Å². The highest BCUT2D eigenvalue weighted by atomic mass is 32.1. The number of ether oxygens (including phenoxy) is 1. The molecular formula is C16H19FN4O4S. The number of benzene rings is 1. The van der Waals surface area contributed by atoms with E-state index >= 15 is 0 Å². The van der Waals surface area contributed by atoms with E-state index in [2.05, 4.69) is 12.6 Å². The van der Waals surface area contributed by atoms with E-state index < -0.39 is 23.3 Å². The number of carbonyl (C=O) groups is 3. The van der Waals surface area contributed by atoms with Crippen LogP contribution in [-0.4, -0.2) is 73.5 Å². The summed E-state index contributed by atoms with van der Waals surface area (Å²) in [5, 5.41) is -0.431. The first-order chi connectivity index (χ1) is 12.3. The van der Waals surface area contributed by atoms with Crippen LogP contribution in [0, 0.1) is 5.82 Å². The Kier molecular flexibility index (Phi) is 4.94. The van der Waals surface area contributed by atoms with Crippen molar-refractivity contribution in [1.29, 1.82) is 0 Å². The number of thiol groups is 1. The molecule has 2 aliphatic heterocycles. The summed E-state index contributed by atoms with van der Waals surface area (Å²) >= 11 is 3.71. The normalized spacial score (nSPS) is 20.0. The molecule has 3 rings (SSSR count). The van der Waals surface area contributed by atoms with Crippen molar-refractivity contribution in [2.45, 2.75) is 6.10 Å². The predicted molar refractivity (Wildman–Crippen MR) is 96.0 cm³/mol. The van der Waals surface area contributed by atoms with Gasteiger partial charge in [-0.25, -0.2) is 9.18 Å². The zero-order valence-electron chi connectivity index (χ0n) is 14.4. The van der Waals surface area contributed by atoms with Crippen LogP contribution in [0.25, 0.3) is 0 Å². The highest BCUT2D eigenvalue weighted by molar-refractivity contribution is 7.96. The third-order valence-corrected chi connectivity index (χ3v) is 4.74. The molecule has 2 fully saturated rings. The fraction of sp³-hybridized carbons (Fsp3) is 0.438. The first kappa shape index (κ1) is 18.3. The zero-order valence-corrected chi connectivity index (χ0v) is 15.3. The summed E-state index contributed by atoms with van der Waals surface area (Å²) < 4.78 is 19.8. The third-order valence-electron chi connectivity index (χ3n) is 4.40. The molecule has 3 amide bonds. The van der Waals surface area contributed by atoms with Gasteiger partial charge in [-0.3, -0.25) is 14.5 Å². The largest absolute Gasteiger partial charge is 0.442 e. The summed E-state index contributed by atoms with van der Waals surface area (Å²) in [6.45, 7) is 0.832. The Hall–Kier alpha value is -2.49. The SMILES string of the molecule is CN(C[C@@H]1CN(c2ccc(N3CC(=O)N(C)C3)c(F)c2)C(=O)O1)C(=O)S. The molecule has 8 nitrogen and oxygen atoms in total. The standard InChI is InChI=1S/C16H19FN4O4S/c1-18(16(24)26)6-11-7-21(15(23)25-11)10-3-4-13(12(17)5-10)20-8-14(22)19(2)9-20/h3-5,11H,6-9H2,1-2H3,(H,24,26)/t11-/m1/s1. The lowest BCUT2D eigenvalue weighted by Gasteiger charge is -2.20. The van der Waals surface area contributed by atoms with E-state index in [1.807, 2.05) is 0 Å². The first-order valence-electron chi connectivity index (χ1n) is 7.97. The predicted octanol–water partition coefficient (Wildman–Crippen LogP) is 1.37. The monoisotopic (exact) mass is 382 g/mol. The molecule has 0 aliphatic carbocycles. The maximum atomic E-state index is 14.5. The number of anilines is 2. The number of rotatable bonds is 4. The average Bonchev–Trinajstić information content (AvgIpc) is 3.09. The molecule has 2 heterocycles. The Morgan fingerprint density at radius 1 is 1.42 bits per heavy atom. The smallest absolute Gasteiger partial charge is 0.414 e. The molecule has 2 saturated heterocycles. The number of hydrogen-bond donors (Lipinski definition) is 1. The number of cyclic esters (lactones) is 1. The van der Waals surface area contributed by atoms with E-state index in [-0.39, 0.29) is 25.5 Å². The molecule has 0 spiro atoms. The Bertz CT molecular complexity index is 762. The third kappa shape index (κ3) is 3.55. The van der Waals surface area contributed by atoms with E-state index in [0.29, 0.717) is 18.0 Å². The fourth-order valence-electron chi connectivity index (χ4n) is 2.96. The van der Waals surface area contributed by atoms with Gasteiger partial charge in [0.2, 0.25) is 5.91 Å². The molecule has 0 aromatic heterocycles. The maximum absolute atomic E-state index is 14.5. The number of hydrogen-bond acceptors (Lipinski definition) is 5. The Labute approximate surface area is 155 Å². The van der Waals surface area contributed by atoms with Gasteiger partial charge in [-0.15, -0.1) is 0 Å². The minimum Gasteiger partial charge on any atom is -0.442 e. The van der Waals surface area contributed by atoms with Crippen LogP contribution < -0.4 is 9.80 Å². The Morgan fingerprint density at radius 2 is 2.15 bits per heavy atom. The molecule has 0 bridgehead atoms. The number of amides is 3. The van der Waals surface area contributed by atoms with Gasteiger partial charge >= 0.3 is 6.09 Å². The lowest BCUT2D eigenvalue weighted by molar-refractivity contribution is -0.125. The summed E-state index contributed by atoms with van der Waals surface area (Å²) in [5.41, 5.74) is 0.661. The van der Waals surface area contributed by atoms with Crippen molar-refractivity contribution < 1.29 is 23.5 Å². The molecular weight excluding hydrogens is 363 g/mol. The van der Waals surface area contributed by atoms with Gasteiger partial charge in [0.15, 0.2) is 0 Å². The molecule has 26 heavy (non-hydrogen) atoms. The van der Waals surface area contributed by atoms with Crippen LogP contribution in [0.4, 0.5) is 25.4 Å². The topological polar surface area (TPSA) is 73.4 Å². The van der Waals surface area contributed by atoms with Crippen LogP contribution in [0.15, 0.2) is 18.2 Å². The summed E-state index contributed by atoms with van der Waals surface area (Å²) in [4.78, 5) is 40.6. The average molecular weight is 382 g/mol. The van der Waals surface area contributed by atoms with Crippen LogP contribution in [0.3, 0.4) is 0 Å². The van der Waals surface area contributed by atoms with Crippen molar-refractivity contribution >= 4 is 41.2 Å². The minimum atomic E-state index is -0.599. The molecule has 1 aromatic rings. The fourth-order valence-corrected chi connectivity index (χ4v) is 3.04. The minimum absolute atomic E-state index is 0.0812. The van der Waals surface area contributed by atoms with Gasteiger partial charge in [0.1, 0.15) is 11.9 Å². The lowest BCUT2D eigenvalue weighted by atomic mass is 10.2. The molecule has 0 N–H and O–H groups in total. The van der Waals surface area contributed by atoms with Gasteiger partial charge in [0, 0.05) is 14.1 Å². The highest BCUT2D eigenvalue weighted by Gasteiger charge is 2.34. The quantitative estimate of drug-likeness (QED) is 0.797. The second-order valence-corrected chi connectivity index (χ2v) is 6.73. The number of halogens is 1. The molecule has 0 unspecified atom stereocenters. The van der Waals surface area contributed by atoms with Gasteiger partial charge in [0.25, 0.3) is 5.24 Å². The van der Waals surface area contributed by atoms with Crippen molar-refractivity contribution in [3.63, 3.8) is 0 Å². The lowest BCUT2D eigenvalue weighted by Crippen LogP contribution is -2.33. The van der Waals surface area contributed by atoms with E-state index in [0.717, 1.165) is 0 Å². The number of nitrogens with zero attached hydrogens (tertiary/aromatic N) is 4. The van der Waals surface area contributed by atoms with Crippen LogP contribution in [-0.2, 0) is 9.53 Å². The maximum Gasteiger partial charge on any atom is 0.414 e. The number of carbonyl (C=O) groups excluding carboxylic acids is 3. The zero-order chi connectivity index (χ0) is 19.0. The molecule has 2 aliphatic rings. The summed E-state index contributed by atoms with van der Waals surface area (Å²) in [6.07, 6.45) is -1.12. The van der Waals surface area contributed by atoms with E-state index in [9.17, 15) is 18.8 Å². The second-order valence-electron chi connectivity index (χ2n) is 6.35. The van der Waals surface area contributed by atoms with Gasteiger partial charge < -0.3 is 19.4 Å². The van der Waals surface area contributed by atoms with Gasteiger partial charge in [-0.1, -0.05) is 12.6 Å². The Balaban J connectivity index is 1.72. The van der Waals surface area contributed by atoms with Gasteiger partial charge in [-0.05, 0) is 18.2 Å².